The summed E-state index contributed by atoms with van der Waals surface area (Å²) in [7, 11) is 0. The Bertz CT molecular complexity index is 783. The van der Waals surface area contributed by atoms with Crippen molar-refractivity contribution >= 4 is 11.3 Å². The lowest BCUT2D eigenvalue weighted by Gasteiger charge is -2.33. The Hall–Kier alpha value is -2.22. The molecular weight excluding hydrogens is 348 g/mol. The smallest absolute Gasteiger partial charge is 0.257 e. The minimum Gasteiger partial charge on any atom is -0.492 e. The Labute approximate surface area is 157 Å². The number of rotatable bonds is 7. The summed E-state index contributed by atoms with van der Waals surface area (Å²) in [6, 6.07) is 14.0. The molecule has 0 N–H and O–H groups in total. The fourth-order valence-electron chi connectivity index (χ4n) is 2.99. The Morgan fingerprint density at radius 3 is 2.54 bits per heavy atom. The minimum atomic E-state index is 0.617. The van der Waals surface area contributed by atoms with Crippen LogP contribution in [0.5, 0.6) is 5.75 Å². The van der Waals surface area contributed by atoms with Gasteiger partial charge >= 0.3 is 0 Å². The highest BCUT2D eigenvalue weighted by atomic mass is 32.1. The van der Waals surface area contributed by atoms with Gasteiger partial charge in [-0.1, -0.05) is 24.3 Å². The summed E-state index contributed by atoms with van der Waals surface area (Å²) in [5.74, 6) is 2.24. The highest BCUT2D eigenvalue weighted by Crippen LogP contribution is 2.23. The molecule has 7 heteroatoms. The van der Waals surface area contributed by atoms with Crippen molar-refractivity contribution in [1.29, 1.82) is 0 Å². The summed E-state index contributed by atoms with van der Waals surface area (Å²) >= 11 is 1.61. The first kappa shape index (κ1) is 17.2. The molecule has 1 fully saturated rings. The van der Waals surface area contributed by atoms with Crippen molar-refractivity contribution in [3.63, 3.8) is 0 Å². The third-order valence-electron chi connectivity index (χ3n) is 4.44. The third-order valence-corrected chi connectivity index (χ3v) is 5.30. The van der Waals surface area contributed by atoms with Crippen LogP contribution >= 0.6 is 11.3 Å². The molecule has 0 saturated carbocycles. The molecule has 0 bridgehead atoms. The van der Waals surface area contributed by atoms with Gasteiger partial charge in [0.05, 0.1) is 11.4 Å². The average Bonchev–Trinajstić information content (AvgIpc) is 3.36. The highest BCUT2D eigenvalue weighted by Gasteiger charge is 2.19. The van der Waals surface area contributed by atoms with Crippen LogP contribution in [0.25, 0.3) is 10.8 Å². The van der Waals surface area contributed by atoms with E-state index < -0.39 is 0 Å². The molecule has 0 spiro atoms. The van der Waals surface area contributed by atoms with E-state index in [4.69, 9.17) is 9.15 Å². The number of hydrogen-bond acceptors (Lipinski definition) is 7. The van der Waals surface area contributed by atoms with Crippen LogP contribution in [-0.2, 0) is 6.54 Å². The van der Waals surface area contributed by atoms with Crippen LogP contribution in [0.1, 0.15) is 5.89 Å². The predicted octanol–water partition coefficient (Wildman–Crippen LogP) is 2.99. The largest absolute Gasteiger partial charge is 0.492 e. The number of thiophene rings is 1. The van der Waals surface area contributed by atoms with E-state index in [-0.39, 0.29) is 0 Å². The maximum absolute atomic E-state index is 5.78. The molecule has 136 valence electrons. The quantitative estimate of drug-likeness (QED) is 0.637. The summed E-state index contributed by atoms with van der Waals surface area (Å²) < 4.78 is 11.6. The lowest BCUT2D eigenvalue weighted by atomic mass is 10.3. The molecule has 3 heterocycles. The second kappa shape index (κ2) is 8.44. The number of benzene rings is 1. The zero-order chi connectivity index (χ0) is 17.6. The minimum absolute atomic E-state index is 0.617. The molecular formula is C19H22N4O2S. The molecule has 26 heavy (non-hydrogen) atoms. The third kappa shape index (κ3) is 4.49. The van der Waals surface area contributed by atoms with Crippen LogP contribution in [-0.4, -0.2) is 59.3 Å². The number of aromatic nitrogens is 2. The zero-order valence-corrected chi connectivity index (χ0v) is 15.4. The Morgan fingerprint density at radius 2 is 1.77 bits per heavy atom. The van der Waals surface area contributed by atoms with Crippen LogP contribution in [0.4, 0.5) is 0 Å². The molecule has 4 rings (SSSR count). The standard InChI is InChI=1S/C19H22N4O2S/c1-2-5-16(6-3-1)24-13-12-22-8-10-23(11-9-22)15-18-20-21-19(25-18)17-7-4-14-26-17/h1-7,14H,8-13,15H2. The van der Waals surface area contributed by atoms with Crippen LogP contribution < -0.4 is 4.74 Å². The van der Waals surface area contributed by atoms with E-state index in [9.17, 15) is 0 Å². The molecule has 0 aliphatic carbocycles. The molecule has 1 aromatic carbocycles. The summed E-state index contributed by atoms with van der Waals surface area (Å²) in [6.07, 6.45) is 0. The monoisotopic (exact) mass is 370 g/mol. The lowest BCUT2D eigenvalue weighted by Crippen LogP contribution is -2.47. The zero-order valence-electron chi connectivity index (χ0n) is 14.6. The first-order valence-corrected chi connectivity index (χ1v) is 9.73. The van der Waals surface area contributed by atoms with Gasteiger partial charge in [0, 0.05) is 32.7 Å². The van der Waals surface area contributed by atoms with Crippen LogP contribution in [0.2, 0.25) is 0 Å². The van der Waals surface area contributed by atoms with Gasteiger partial charge in [-0.3, -0.25) is 9.80 Å². The van der Waals surface area contributed by atoms with Crippen molar-refractivity contribution in [2.45, 2.75) is 6.54 Å². The lowest BCUT2D eigenvalue weighted by molar-refractivity contribution is 0.106. The van der Waals surface area contributed by atoms with Gasteiger partial charge in [0.15, 0.2) is 0 Å². The van der Waals surface area contributed by atoms with Crippen molar-refractivity contribution in [3.05, 3.63) is 53.7 Å². The molecule has 0 atom stereocenters. The Balaban J connectivity index is 1.19. The second-order valence-corrected chi connectivity index (χ2v) is 7.21. The van der Waals surface area contributed by atoms with E-state index in [1.165, 1.54) is 0 Å². The second-order valence-electron chi connectivity index (χ2n) is 6.26. The number of ether oxygens (including phenoxy) is 1. The van der Waals surface area contributed by atoms with Gasteiger partial charge in [0.2, 0.25) is 5.89 Å². The molecule has 0 amide bonds. The van der Waals surface area contributed by atoms with Crippen LogP contribution in [0.15, 0.2) is 52.3 Å². The fraction of sp³-hybridized carbons (Fsp3) is 0.368. The van der Waals surface area contributed by atoms with Gasteiger partial charge < -0.3 is 9.15 Å². The van der Waals surface area contributed by atoms with Gasteiger partial charge in [0.1, 0.15) is 12.4 Å². The molecule has 0 radical (unpaired) electrons. The van der Waals surface area contributed by atoms with E-state index in [1.54, 1.807) is 11.3 Å². The van der Waals surface area contributed by atoms with Gasteiger partial charge in [-0.05, 0) is 23.6 Å². The Morgan fingerprint density at radius 1 is 0.962 bits per heavy atom. The van der Waals surface area contributed by atoms with E-state index >= 15 is 0 Å². The summed E-state index contributed by atoms with van der Waals surface area (Å²) in [5, 5.41) is 10.3. The number of piperazine rings is 1. The molecule has 1 aliphatic rings. The van der Waals surface area contributed by atoms with Gasteiger partial charge in [0.25, 0.3) is 5.89 Å². The summed E-state index contributed by atoms with van der Waals surface area (Å²) in [5.41, 5.74) is 0. The number of nitrogens with zero attached hydrogens (tertiary/aromatic N) is 4. The number of hydrogen-bond donors (Lipinski definition) is 0. The van der Waals surface area contributed by atoms with Crippen molar-refractivity contribution in [1.82, 2.24) is 20.0 Å². The van der Waals surface area contributed by atoms with E-state index in [1.807, 2.05) is 47.8 Å². The summed E-state index contributed by atoms with van der Waals surface area (Å²) in [6.45, 7) is 6.45. The topological polar surface area (TPSA) is 54.6 Å². The van der Waals surface area contributed by atoms with Crippen molar-refractivity contribution < 1.29 is 9.15 Å². The highest BCUT2D eigenvalue weighted by molar-refractivity contribution is 7.13. The van der Waals surface area contributed by atoms with E-state index in [0.717, 1.165) is 50.0 Å². The maximum atomic E-state index is 5.78. The van der Waals surface area contributed by atoms with Gasteiger partial charge in [-0.15, -0.1) is 21.5 Å². The van der Waals surface area contributed by atoms with E-state index in [0.29, 0.717) is 18.3 Å². The van der Waals surface area contributed by atoms with Gasteiger partial charge in [-0.2, -0.15) is 0 Å². The Kier molecular flexibility index (Phi) is 5.59. The molecule has 3 aromatic rings. The van der Waals surface area contributed by atoms with Crippen LogP contribution in [0.3, 0.4) is 0 Å². The van der Waals surface area contributed by atoms with Crippen molar-refractivity contribution in [2.24, 2.45) is 0 Å². The molecule has 2 aromatic heterocycles. The fourth-order valence-corrected chi connectivity index (χ4v) is 3.63. The van der Waals surface area contributed by atoms with E-state index in [2.05, 4.69) is 20.0 Å². The van der Waals surface area contributed by atoms with Crippen molar-refractivity contribution in [2.75, 3.05) is 39.3 Å². The molecule has 1 aliphatic heterocycles. The van der Waals surface area contributed by atoms with Gasteiger partial charge in [-0.25, -0.2) is 0 Å². The number of para-hydroxylation sites is 1. The molecule has 6 nitrogen and oxygen atoms in total. The first-order chi connectivity index (χ1) is 12.9. The summed E-state index contributed by atoms with van der Waals surface area (Å²) in [4.78, 5) is 5.82. The van der Waals surface area contributed by atoms with Crippen LogP contribution in [0, 0.1) is 0 Å². The maximum Gasteiger partial charge on any atom is 0.257 e. The normalized spacial score (nSPS) is 16.0. The molecule has 0 unspecified atom stereocenters. The first-order valence-electron chi connectivity index (χ1n) is 8.86. The van der Waals surface area contributed by atoms with Crippen molar-refractivity contribution in [3.8, 4) is 16.5 Å². The molecule has 1 saturated heterocycles. The SMILES string of the molecule is c1ccc(OCCN2CCN(Cc3nnc(-c4cccs4)o3)CC2)cc1. The predicted molar refractivity (Wildman–Crippen MR) is 101 cm³/mol. The average molecular weight is 370 g/mol.